The number of aromatic nitrogens is 2. The summed E-state index contributed by atoms with van der Waals surface area (Å²) in [4.78, 5) is 4.32. The Balaban J connectivity index is 1.88. The second kappa shape index (κ2) is 5.43. The van der Waals surface area contributed by atoms with Crippen molar-refractivity contribution in [3.05, 3.63) is 11.7 Å². The first-order valence-electron chi connectivity index (χ1n) is 6.36. The van der Waals surface area contributed by atoms with E-state index >= 15 is 0 Å². The molecule has 0 aromatic carbocycles. The lowest BCUT2D eigenvalue weighted by Crippen LogP contribution is -2.14. The highest BCUT2D eigenvalue weighted by atomic mass is 16.5. The SMILES string of the molecule is CCCC1CCC(c2noc(CN)n2)CC1. The molecule has 0 aliphatic heterocycles. The zero-order chi connectivity index (χ0) is 11.4. The van der Waals surface area contributed by atoms with Crippen LogP contribution < -0.4 is 5.73 Å². The Labute approximate surface area is 96.6 Å². The lowest BCUT2D eigenvalue weighted by atomic mass is 9.80. The van der Waals surface area contributed by atoms with Crippen LogP contribution in [0.15, 0.2) is 4.52 Å². The second-order valence-electron chi connectivity index (χ2n) is 4.76. The minimum absolute atomic E-state index is 0.345. The van der Waals surface area contributed by atoms with Gasteiger partial charge in [-0.25, -0.2) is 0 Å². The van der Waals surface area contributed by atoms with E-state index in [1.165, 1.54) is 38.5 Å². The van der Waals surface area contributed by atoms with Gasteiger partial charge >= 0.3 is 0 Å². The van der Waals surface area contributed by atoms with Crippen LogP contribution in [-0.4, -0.2) is 10.1 Å². The molecule has 4 nitrogen and oxygen atoms in total. The molecule has 0 radical (unpaired) electrons. The van der Waals surface area contributed by atoms with Crippen LogP contribution in [0, 0.1) is 5.92 Å². The molecule has 1 fully saturated rings. The predicted octanol–water partition coefficient (Wildman–Crippen LogP) is 2.60. The third kappa shape index (κ3) is 2.61. The van der Waals surface area contributed by atoms with Crippen LogP contribution in [0.25, 0.3) is 0 Å². The monoisotopic (exact) mass is 223 g/mol. The molecule has 0 unspecified atom stereocenters. The molecule has 1 heterocycles. The van der Waals surface area contributed by atoms with Gasteiger partial charge in [0.25, 0.3) is 0 Å². The van der Waals surface area contributed by atoms with Crippen LogP contribution in [0.2, 0.25) is 0 Å². The van der Waals surface area contributed by atoms with Gasteiger partial charge in [-0.3, -0.25) is 0 Å². The standard InChI is InChI=1S/C12H21N3O/c1-2-3-9-4-6-10(7-5-9)12-14-11(8-13)16-15-12/h9-10H,2-8,13H2,1H3. The van der Waals surface area contributed by atoms with Crippen molar-refractivity contribution in [3.63, 3.8) is 0 Å². The lowest BCUT2D eigenvalue weighted by molar-refractivity contribution is 0.295. The molecule has 90 valence electrons. The molecule has 2 N–H and O–H groups in total. The van der Waals surface area contributed by atoms with E-state index in [-0.39, 0.29) is 0 Å². The molecule has 2 rings (SSSR count). The molecule has 0 bridgehead atoms. The Kier molecular flexibility index (Phi) is 3.93. The third-order valence-corrected chi connectivity index (χ3v) is 3.57. The Morgan fingerprint density at radius 1 is 1.31 bits per heavy atom. The summed E-state index contributed by atoms with van der Waals surface area (Å²) in [6.45, 7) is 2.61. The largest absolute Gasteiger partial charge is 0.338 e. The number of nitrogens with two attached hydrogens (primary N) is 1. The third-order valence-electron chi connectivity index (χ3n) is 3.57. The van der Waals surface area contributed by atoms with Gasteiger partial charge in [0.2, 0.25) is 5.89 Å². The van der Waals surface area contributed by atoms with Crippen molar-refractivity contribution in [2.75, 3.05) is 0 Å². The molecule has 1 aromatic heterocycles. The Hall–Kier alpha value is -0.900. The van der Waals surface area contributed by atoms with Crippen LogP contribution in [0.5, 0.6) is 0 Å². The summed E-state index contributed by atoms with van der Waals surface area (Å²) in [5.41, 5.74) is 5.46. The van der Waals surface area contributed by atoms with E-state index in [4.69, 9.17) is 10.3 Å². The van der Waals surface area contributed by atoms with Gasteiger partial charge in [-0.1, -0.05) is 24.9 Å². The topological polar surface area (TPSA) is 64.9 Å². The van der Waals surface area contributed by atoms with Crippen molar-refractivity contribution in [2.45, 2.75) is 57.9 Å². The molecule has 0 spiro atoms. The van der Waals surface area contributed by atoms with E-state index in [0.717, 1.165) is 11.7 Å². The molecule has 16 heavy (non-hydrogen) atoms. The van der Waals surface area contributed by atoms with Crippen molar-refractivity contribution in [1.82, 2.24) is 10.1 Å². The maximum Gasteiger partial charge on any atom is 0.240 e. The number of nitrogens with zero attached hydrogens (tertiary/aromatic N) is 2. The van der Waals surface area contributed by atoms with Gasteiger partial charge < -0.3 is 10.3 Å². The minimum Gasteiger partial charge on any atom is -0.338 e. The van der Waals surface area contributed by atoms with Crippen molar-refractivity contribution in [2.24, 2.45) is 11.7 Å². The summed E-state index contributed by atoms with van der Waals surface area (Å²) >= 11 is 0. The summed E-state index contributed by atoms with van der Waals surface area (Å²) in [5, 5.41) is 4.02. The molecule has 4 heteroatoms. The van der Waals surface area contributed by atoms with E-state index in [2.05, 4.69) is 17.1 Å². The van der Waals surface area contributed by atoms with E-state index in [1.807, 2.05) is 0 Å². The second-order valence-corrected chi connectivity index (χ2v) is 4.76. The first kappa shape index (κ1) is 11.6. The van der Waals surface area contributed by atoms with Crippen LogP contribution in [0.3, 0.4) is 0 Å². The smallest absolute Gasteiger partial charge is 0.240 e. The van der Waals surface area contributed by atoms with E-state index < -0.39 is 0 Å². The summed E-state index contributed by atoms with van der Waals surface area (Å²) in [6, 6.07) is 0. The zero-order valence-corrected chi connectivity index (χ0v) is 9.98. The maximum absolute atomic E-state index is 5.46. The van der Waals surface area contributed by atoms with Crippen molar-refractivity contribution in [1.29, 1.82) is 0 Å². The van der Waals surface area contributed by atoms with E-state index in [9.17, 15) is 0 Å². The van der Waals surface area contributed by atoms with Crippen LogP contribution in [0.4, 0.5) is 0 Å². The molecule has 0 atom stereocenters. The Bertz CT molecular complexity index is 316. The molecular formula is C12H21N3O. The van der Waals surface area contributed by atoms with Crippen molar-refractivity contribution < 1.29 is 4.52 Å². The zero-order valence-electron chi connectivity index (χ0n) is 9.98. The molecule has 0 saturated heterocycles. The molecule has 1 aliphatic rings. The summed E-state index contributed by atoms with van der Waals surface area (Å²) in [5.74, 6) is 2.85. The Morgan fingerprint density at radius 2 is 2.06 bits per heavy atom. The highest BCUT2D eigenvalue weighted by Crippen LogP contribution is 2.36. The molecule has 1 aliphatic carbocycles. The average molecular weight is 223 g/mol. The minimum atomic E-state index is 0.345. The first-order valence-corrected chi connectivity index (χ1v) is 6.36. The van der Waals surface area contributed by atoms with Gasteiger partial charge in [0.1, 0.15) is 0 Å². The summed E-state index contributed by atoms with van der Waals surface area (Å²) < 4.78 is 5.06. The molecule has 1 saturated carbocycles. The number of hydrogen-bond acceptors (Lipinski definition) is 4. The van der Waals surface area contributed by atoms with Crippen LogP contribution >= 0.6 is 0 Å². The highest BCUT2D eigenvalue weighted by molar-refractivity contribution is 4.97. The summed E-state index contributed by atoms with van der Waals surface area (Å²) in [7, 11) is 0. The quantitative estimate of drug-likeness (QED) is 0.852. The van der Waals surface area contributed by atoms with Crippen LogP contribution in [-0.2, 0) is 6.54 Å². The van der Waals surface area contributed by atoms with Gasteiger partial charge in [0.05, 0.1) is 6.54 Å². The van der Waals surface area contributed by atoms with Crippen molar-refractivity contribution >= 4 is 0 Å². The first-order chi connectivity index (χ1) is 7.83. The number of hydrogen-bond donors (Lipinski definition) is 1. The van der Waals surface area contributed by atoms with Gasteiger partial charge in [0, 0.05) is 5.92 Å². The summed E-state index contributed by atoms with van der Waals surface area (Å²) in [6.07, 6.45) is 7.69. The fourth-order valence-corrected chi connectivity index (χ4v) is 2.63. The van der Waals surface area contributed by atoms with E-state index in [1.54, 1.807) is 0 Å². The van der Waals surface area contributed by atoms with Crippen LogP contribution in [0.1, 0.15) is 63.1 Å². The fourth-order valence-electron chi connectivity index (χ4n) is 2.63. The van der Waals surface area contributed by atoms with Gasteiger partial charge in [-0.2, -0.15) is 4.98 Å². The van der Waals surface area contributed by atoms with Crippen molar-refractivity contribution in [3.8, 4) is 0 Å². The molecule has 1 aromatic rings. The van der Waals surface area contributed by atoms with E-state index in [0.29, 0.717) is 18.4 Å². The maximum atomic E-state index is 5.46. The van der Waals surface area contributed by atoms with Gasteiger partial charge in [-0.05, 0) is 31.6 Å². The molecular weight excluding hydrogens is 202 g/mol. The lowest BCUT2D eigenvalue weighted by Gasteiger charge is -2.26. The molecule has 0 amide bonds. The number of rotatable bonds is 4. The normalized spacial score (nSPS) is 25.9. The van der Waals surface area contributed by atoms with Gasteiger partial charge in [0.15, 0.2) is 5.82 Å². The average Bonchev–Trinajstić information content (AvgIpc) is 2.79. The highest BCUT2D eigenvalue weighted by Gasteiger charge is 2.25. The Morgan fingerprint density at radius 3 is 2.62 bits per heavy atom. The van der Waals surface area contributed by atoms with Gasteiger partial charge in [-0.15, -0.1) is 0 Å². The fraction of sp³-hybridized carbons (Fsp3) is 0.833. The predicted molar refractivity (Wildman–Crippen MR) is 61.8 cm³/mol.